The first-order valence-corrected chi connectivity index (χ1v) is 12.5. The molecule has 0 saturated heterocycles. The van der Waals surface area contributed by atoms with E-state index < -0.39 is 13.3 Å². The second-order valence-electron chi connectivity index (χ2n) is 8.18. The lowest BCUT2D eigenvalue weighted by molar-refractivity contribution is 0.309. The second kappa shape index (κ2) is 12.0. The van der Waals surface area contributed by atoms with Gasteiger partial charge in [-0.05, 0) is 43.2 Å². The normalized spacial score (nSPS) is 20.7. The number of nitrogens with one attached hydrogen (secondary N) is 1. The Bertz CT molecular complexity index is 569. The highest BCUT2D eigenvalue weighted by Crippen LogP contribution is 2.47. The smallest absolute Gasteiger partial charge is 0.324 e. The number of rotatable bonds is 12. The summed E-state index contributed by atoms with van der Waals surface area (Å²) in [6.07, 6.45) is 13.7. The Morgan fingerprint density at radius 1 is 0.963 bits per heavy atom. The highest BCUT2D eigenvalue weighted by atomic mass is 31.2. The molecule has 1 fully saturated rings. The van der Waals surface area contributed by atoms with Gasteiger partial charge in [0.2, 0.25) is 0 Å². The maximum Gasteiger partial charge on any atom is 0.328 e. The predicted molar refractivity (Wildman–Crippen MR) is 113 cm³/mol. The van der Waals surface area contributed by atoms with E-state index >= 15 is 0 Å². The summed E-state index contributed by atoms with van der Waals surface area (Å²) in [5, 5.41) is 3.49. The predicted octanol–water partition coefficient (Wildman–Crippen LogP) is 5.56. The van der Waals surface area contributed by atoms with Crippen molar-refractivity contribution in [3.8, 4) is 0 Å². The lowest BCUT2D eigenvalue weighted by Gasteiger charge is -2.30. The lowest BCUT2D eigenvalue weighted by Crippen LogP contribution is -2.35. The van der Waals surface area contributed by atoms with E-state index in [0.29, 0.717) is 12.8 Å². The van der Waals surface area contributed by atoms with Crippen LogP contribution in [0.1, 0.15) is 88.7 Å². The van der Waals surface area contributed by atoms with Crippen LogP contribution >= 0.6 is 7.60 Å². The van der Waals surface area contributed by atoms with Crippen LogP contribution in [0.15, 0.2) is 24.3 Å². The average Bonchev–Trinajstić information content (AvgIpc) is 2.66. The van der Waals surface area contributed by atoms with Crippen LogP contribution in [0.4, 0.5) is 0 Å². The minimum Gasteiger partial charge on any atom is -0.324 e. The summed E-state index contributed by atoms with van der Waals surface area (Å²) in [6.45, 7) is 3.03. The summed E-state index contributed by atoms with van der Waals surface area (Å²) in [6, 6.07) is 9.05. The van der Waals surface area contributed by atoms with Crippen LogP contribution in [0.5, 0.6) is 0 Å². The summed E-state index contributed by atoms with van der Waals surface area (Å²) in [4.78, 5) is 18.8. The Balaban J connectivity index is 1.64. The van der Waals surface area contributed by atoms with Gasteiger partial charge in [0, 0.05) is 12.6 Å². The maximum absolute atomic E-state index is 11.5. The zero-order valence-corrected chi connectivity index (χ0v) is 17.8. The first-order chi connectivity index (χ1) is 13.0. The van der Waals surface area contributed by atoms with Crippen molar-refractivity contribution in [2.75, 3.05) is 0 Å². The van der Waals surface area contributed by atoms with Crippen LogP contribution in [0.2, 0.25) is 0 Å². The summed E-state index contributed by atoms with van der Waals surface area (Å²) in [7, 11) is -3.94. The van der Waals surface area contributed by atoms with Crippen molar-refractivity contribution in [2.24, 2.45) is 0 Å². The molecule has 0 aliphatic heterocycles. The van der Waals surface area contributed by atoms with Crippen molar-refractivity contribution < 1.29 is 14.4 Å². The molecule has 0 unspecified atom stereocenters. The van der Waals surface area contributed by atoms with E-state index in [1.54, 1.807) is 0 Å². The molecule has 2 atom stereocenters. The van der Waals surface area contributed by atoms with Crippen LogP contribution in [0.25, 0.3) is 0 Å². The molecule has 5 heteroatoms. The van der Waals surface area contributed by atoms with Gasteiger partial charge in [-0.25, -0.2) is 0 Å². The van der Waals surface area contributed by atoms with Crippen LogP contribution in [0, 0.1) is 0 Å². The summed E-state index contributed by atoms with van der Waals surface area (Å²) in [5.74, 6) is 0. The van der Waals surface area contributed by atoms with Crippen molar-refractivity contribution in [2.45, 2.75) is 102 Å². The minimum absolute atomic E-state index is 0.212. The number of aryl methyl sites for hydroxylation is 1. The average molecular weight is 396 g/mol. The Labute approximate surface area is 165 Å². The third-order valence-electron chi connectivity index (χ3n) is 5.81. The van der Waals surface area contributed by atoms with E-state index in [1.807, 2.05) is 0 Å². The maximum atomic E-state index is 11.5. The molecule has 0 aromatic heterocycles. The molecular formula is C22H38NO3P. The van der Waals surface area contributed by atoms with Gasteiger partial charge >= 0.3 is 7.60 Å². The molecule has 4 nitrogen and oxygen atoms in total. The molecule has 154 valence electrons. The fourth-order valence-corrected chi connectivity index (χ4v) is 5.08. The Morgan fingerprint density at radius 2 is 1.59 bits per heavy atom. The SMILES string of the molecule is CCCCCCCCCc1ccc(CN[C@H]2CCC[C@H](P(=O)(O)O)C2)cc1. The molecule has 3 N–H and O–H groups in total. The molecule has 1 aromatic rings. The molecule has 0 heterocycles. The van der Waals surface area contributed by atoms with E-state index in [0.717, 1.165) is 25.8 Å². The third kappa shape index (κ3) is 8.91. The highest BCUT2D eigenvalue weighted by Gasteiger charge is 2.33. The van der Waals surface area contributed by atoms with Crippen molar-refractivity contribution in [1.29, 1.82) is 0 Å². The van der Waals surface area contributed by atoms with Crippen molar-refractivity contribution in [1.82, 2.24) is 5.32 Å². The lowest BCUT2D eigenvalue weighted by atomic mass is 9.94. The van der Waals surface area contributed by atoms with Crippen LogP contribution in [-0.2, 0) is 17.5 Å². The van der Waals surface area contributed by atoms with E-state index in [9.17, 15) is 14.4 Å². The van der Waals surface area contributed by atoms with Gasteiger partial charge in [0.25, 0.3) is 0 Å². The second-order valence-corrected chi connectivity index (χ2v) is 10.1. The number of hydrogen-bond acceptors (Lipinski definition) is 2. The van der Waals surface area contributed by atoms with E-state index in [2.05, 4.69) is 36.5 Å². The first-order valence-electron chi connectivity index (χ1n) is 10.9. The number of unbranched alkanes of at least 4 members (excludes halogenated alkanes) is 6. The molecule has 0 amide bonds. The van der Waals surface area contributed by atoms with Crippen LogP contribution in [-0.4, -0.2) is 21.5 Å². The molecule has 0 spiro atoms. The first kappa shape index (κ1) is 22.6. The quantitative estimate of drug-likeness (QED) is 0.320. The van der Waals surface area contributed by atoms with E-state index in [1.165, 1.54) is 56.1 Å². The Kier molecular flexibility index (Phi) is 10.1. The van der Waals surface area contributed by atoms with Crippen molar-refractivity contribution in [3.63, 3.8) is 0 Å². The van der Waals surface area contributed by atoms with Crippen LogP contribution < -0.4 is 5.32 Å². The zero-order valence-electron chi connectivity index (χ0n) is 16.9. The van der Waals surface area contributed by atoms with Gasteiger partial charge < -0.3 is 15.1 Å². The van der Waals surface area contributed by atoms with Crippen LogP contribution in [0.3, 0.4) is 0 Å². The molecular weight excluding hydrogens is 357 g/mol. The standard InChI is InChI=1S/C22H38NO3P/c1-2-3-4-5-6-7-8-10-19-13-15-20(16-14-19)18-23-21-11-9-12-22(17-21)27(24,25)26/h13-16,21-23H,2-12,17-18H2,1H3,(H2,24,25,26)/t21-,22-/m0/s1. The van der Waals surface area contributed by atoms with Crippen molar-refractivity contribution >= 4 is 7.60 Å². The fourth-order valence-electron chi connectivity index (χ4n) is 4.03. The van der Waals surface area contributed by atoms with Gasteiger partial charge in [-0.2, -0.15) is 0 Å². The van der Waals surface area contributed by atoms with Gasteiger partial charge in [-0.3, -0.25) is 4.57 Å². The summed E-state index contributed by atoms with van der Waals surface area (Å²) in [5.41, 5.74) is 2.19. The van der Waals surface area contributed by atoms with E-state index in [-0.39, 0.29) is 6.04 Å². The molecule has 1 aliphatic rings. The van der Waals surface area contributed by atoms with E-state index in [4.69, 9.17) is 0 Å². The largest absolute Gasteiger partial charge is 0.328 e. The van der Waals surface area contributed by atoms with Crippen molar-refractivity contribution in [3.05, 3.63) is 35.4 Å². The molecule has 0 bridgehead atoms. The molecule has 2 rings (SSSR count). The topological polar surface area (TPSA) is 69.6 Å². The van der Waals surface area contributed by atoms with Gasteiger partial charge in [0.1, 0.15) is 0 Å². The molecule has 1 aromatic carbocycles. The zero-order chi connectivity index (χ0) is 19.5. The molecule has 1 saturated carbocycles. The highest BCUT2D eigenvalue weighted by molar-refractivity contribution is 7.52. The Hall–Kier alpha value is -0.670. The van der Waals surface area contributed by atoms with Gasteiger partial charge in [-0.15, -0.1) is 0 Å². The number of benzene rings is 1. The molecule has 27 heavy (non-hydrogen) atoms. The monoisotopic (exact) mass is 395 g/mol. The fraction of sp³-hybridized carbons (Fsp3) is 0.727. The van der Waals surface area contributed by atoms with Gasteiger partial charge in [0.15, 0.2) is 0 Å². The number of hydrogen-bond donors (Lipinski definition) is 3. The third-order valence-corrected chi connectivity index (χ3v) is 7.23. The summed E-state index contributed by atoms with van der Waals surface area (Å²) >= 11 is 0. The van der Waals surface area contributed by atoms with Gasteiger partial charge in [0.05, 0.1) is 5.66 Å². The summed E-state index contributed by atoms with van der Waals surface area (Å²) < 4.78 is 11.5. The molecule has 0 radical (unpaired) electrons. The Morgan fingerprint density at radius 3 is 2.26 bits per heavy atom. The minimum atomic E-state index is -3.94. The molecule has 1 aliphatic carbocycles. The van der Waals surface area contributed by atoms with Gasteiger partial charge in [-0.1, -0.05) is 76.1 Å².